The third-order valence-corrected chi connectivity index (χ3v) is 5.58. The molecule has 0 bridgehead atoms. The van der Waals surface area contributed by atoms with Crippen molar-refractivity contribution in [2.24, 2.45) is 0 Å². The minimum Gasteiger partial charge on any atom is -0.454 e. The normalized spacial score (nSPS) is 16.6. The first-order valence-corrected chi connectivity index (χ1v) is 9.81. The summed E-state index contributed by atoms with van der Waals surface area (Å²) in [4.78, 5) is 36.9. The summed E-state index contributed by atoms with van der Waals surface area (Å²) < 4.78 is 15.6. The molecular formula is C20H18N2O6S. The Bertz CT molecular complexity index is 993. The van der Waals surface area contributed by atoms with Crippen molar-refractivity contribution in [2.75, 3.05) is 18.7 Å². The van der Waals surface area contributed by atoms with Crippen molar-refractivity contribution in [3.8, 4) is 11.5 Å². The minimum absolute atomic E-state index is 0.115. The topological polar surface area (TPSA) is 103 Å². The Kier molecular flexibility index (Phi) is 5.30. The molecule has 29 heavy (non-hydrogen) atoms. The molecule has 0 fully saturated rings. The summed E-state index contributed by atoms with van der Waals surface area (Å²) >= 11 is 1.43. The number of amides is 2. The van der Waals surface area contributed by atoms with Crippen LogP contribution in [0.2, 0.25) is 0 Å². The number of esters is 1. The van der Waals surface area contributed by atoms with E-state index < -0.39 is 18.5 Å². The summed E-state index contributed by atoms with van der Waals surface area (Å²) in [6.45, 7) is 1.87. The van der Waals surface area contributed by atoms with Crippen LogP contribution in [-0.4, -0.2) is 36.4 Å². The number of nitrogens with one attached hydrogen (secondary N) is 2. The third-order valence-electron chi connectivity index (χ3n) is 4.41. The van der Waals surface area contributed by atoms with E-state index in [1.165, 1.54) is 11.8 Å². The molecular weight excluding hydrogens is 396 g/mol. The molecule has 2 N–H and O–H groups in total. The van der Waals surface area contributed by atoms with E-state index in [0.29, 0.717) is 17.2 Å². The first kappa shape index (κ1) is 19.1. The number of carbonyl (C=O) groups excluding carboxylic acids is 3. The second-order valence-electron chi connectivity index (χ2n) is 6.50. The van der Waals surface area contributed by atoms with Gasteiger partial charge in [0.15, 0.2) is 18.1 Å². The molecule has 0 aliphatic carbocycles. The lowest BCUT2D eigenvalue weighted by molar-refractivity contribution is -0.124. The quantitative estimate of drug-likeness (QED) is 0.724. The first-order chi connectivity index (χ1) is 14.0. The molecule has 9 heteroatoms. The van der Waals surface area contributed by atoms with E-state index in [4.69, 9.17) is 14.2 Å². The summed E-state index contributed by atoms with van der Waals surface area (Å²) in [7, 11) is 0. The largest absolute Gasteiger partial charge is 0.454 e. The van der Waals surface area contributed by atoms with Crippen LogP contribution >= 0.6 is 11.8 Å². The number of benzene rings is 2. The SMILES string of the molecule is CC1Sc2ccc(C(=O)OCC(=O)NCc3ccc4c(c3)OCO4)cc2NC1=O. The fourth-order valence-corrected chi connectivity index (χ4v) is 3.78. The van der Waals surface area contributed by atoms with Gasteiger partial charge in [0.1, 0.15) is 0 Å². The van der Waals surface area contributed by atoms with Crippen LogP contribution in [0.4, 0.5) is 5.69 Å². The molecule has 150 valence electrons. The molecule has 2 amide bonds. The fourth-order valence-electron chi connectivity index (χ4n) is 2.85. The van der Waals surface area contributed by atoms with E-state index in [1.807, 2.05) is 13.0 Å². The highest BCUT2D eigenvalue weighted by Gasteiger charge is 2.24. The number of hydrogen-bond donors (Lipinski definition) is 2. The number of ether oxygens (including phenoxy) is 3. The Morgan fingerprint density at radius 3 is 2.90 bits per heavy atom. The summed E-state index contributed by atoms with van der Waals surface area (Å²) in [6, 6.07) is 10.3. The second-order valence-corrected chi connectivity index (χ2v) is 7.88. The van der Waals surface area contributed by atoms with Crippen LogP contribution < -0.4 is 20.1 Å². The van der Waals surface area contributed by atoms with Crippen molar-refractivity contribution < 1.29 is 28.6 Å². The van der Waals surface area contributed by atoms with E-state index in [1.54, 1.807) is 30.3 Å². The van der Waals surface area contributed by atoms with Gasteiger partial charge in [-0.05, 0) is 42.8 Å². The summed E-state index contributed by atoms with van der Waals surface area (Å²) in [6.07, 6.45) is 0. The highest BCUT2D eigenvalue weighted by atomic mass is 32.2. The van der Waals surface area contributed by atoms with Crippen molar-refractivity contribution in [3.05, 3.63) is 47.5 Å². The number of hydrogen-bond acceptors (Lipinski definition) is 7. The zero-order chi connectivity index (χ0) is 20.4. The lowest BCUT2D eigenvalue weighted by atomic mass is 10.2. The van der Waals surface area contributed by atoms with E-state index in [-0.39, 0.29) is 30.1 Å². The second kappa shape index (κ2) is 8.04. The van der Waals surface area contributed by atoms with Crippen LogP contribution in [0.1, 0.15) is 22.8 Å². The average molecular weight is 414 g/mol. The number of carbonyl (C=O) groups is 3. The maximum absolute atomic E-state index is 12.2. The van der Waals surface area contributed by atoms with Crippen LogP contribution in [0.5, 0.6) is 11.5 Å². The number of rotatable bonds is 5. The van der Waals surface area contributed by atoms with Gasteiger partial charge in [-0.3, -0.25) is 9.59 Å². The Morgan fingerprint density at radius 2 is 2.03 bits per heavy atom. The number of anilines is 1. The number of fused-ring (bicyclic) bond motifs is 2. The Labute approximate surface area is 170 Å². The molecule has 0 saturated carbocycles. The lowest BCUT2D eigenvalue weighted by Crippen LogP contribution is -2.28. The zero-order valence-corrected chi connectivity index (χ0v) is 16.3. The summed E-state index contributed by atoms with van der Waals surface area (Å²) in [5.74, 6) is 0.129. The molecule has 2 aliphatic heterocycles. The van der Waals surface area contributed by atoms with E-state index >= 15 is 0 Å². The molecule has 8 nitrogen and oxygen atoms in total. The smallest absolute Gasteiger partial charge is 0.338 e. The van der Waals surface area contributed by atoms with Crippen molar-refractivity contribution in [1.82, 2.24) is 5.32 Å². The molecule has 1 atom stereocenters. The van der Waals surface area contributed by atoms with Gasteiger partial charge >= 0.3 is 5.97 Å². The first-order valence-electron chi connectivity index (χ1n) is 8.93. The van der Waals surface area contributed by atoms with Gasteiger partial charge in [0.2, 0.25) is 12.7 Å². The highest BCUT2D eigenvalue weighted by Crippen LogP contribution is 2.36. The maximum atomic E-state index is 12.2. The molecule has 0 radical (unpaired) electrons. The zero-order valence-electron chi connectivity index (χ0n) is 15.5. The van der Waals surface area contributed by atoms with Gasteiger partial charge in [0.25, 0.3) is 5.91 Å². The monoisotopic (exact) mass is 414 g/mol. The summed E-state index contributed by atoms with van der Waals surface area (Å²) in [5.41, 5.74) is 1.67. The Morgan fingerprint density at radius 1 is 1.21 bits per heavy atom. The number of thioether (sulfide) groups is 1. The maximum Gasteiger partial charge on any atom is 0.338 e. The predicted octanol–water partition coefficient (Wildman–Crippen LogP) is 2.32. The molecule has 1 unspecified atom stereocenters. The van der Waals surface area contributed by atoms with E-state index in [2.05, 4.69) is 10.6 Å². The molecule has 0 saturated heterocycles. The van der Waals surface area contributed by atoms with Crippen LogP contribution in [0, 0.1) is 0 Å². The van der Waals surface area contributed by atoms with Crippen LogP contribution in [-0.2, 0) is 20.9 Å². The molecule has 4 rings (SSSR count). The van der Waals surface area contributed by atoms with Crippen LogP contribution in [0.3, 0.4) is 0 Å². The van der Waals surface area contributed by atoms with E-state index in [0.717, 1.165) is 10.5 Å². The Hall–Kier alpha value is -3.20. The van der Waals surface area contributed by atoms with Crippen molar-refractivity contribution in [2.45, 2.75) is 23.6 Å². The van der Waals surface area contributed by atoms with Gasteiger partial charge < -0.3 is 24.8 Å². The third kappa shape index (κ3) is 4.29. The van der Waals surface area contributed by atoms with Gasteiger partial charge in [-0.1, -0.05) is 6.07 Å². The molecule has 2 heterocycles. The average Bonchev–Trinajstić information content (AvgIpc) is 3.19. The highest BCUT2D eigenvalue weighted by molar-refractivity contribution is 8.00. The van der Waals surface area contributed by atoms with Gasteiger partial charge in [0, 0.05) is 11.4 Å². The van der Waals surface area contributed by atoms with Crippen molar-refractivity contribution in [3.63, 3.8) is 0 Å². The molecule has 2 aromatic carbocycles. The lowest BCUT2D eigenvalue weighted by Gasteiger charge is -2.21. The minimum atomic E-state index is -0.635. The van der Waals surface area contributed by atoms with Gasteiger partial charge in [-0.15, -0.1) is 11.8 Å². The van der Waals surface area contributed by atoms with E-state index in [9.17, 15) is 14.4 Å². The van der Waals surface area contributed by atoms with Gasteiger partial charge in [0.05, 0.1) is 16.5 Å². The van der Waals surface area contributed by atoms with Gasteiger partial charge in [-0.25, -0.2) is 4.79 Å². The molecule has 2 aliphatic rings. The standard InChI is InChI=1S/C20H18N2O6S/c1-11-19(24)22-14-7-13(3-5-17(14)29-11)20(25)26-9-18(23)21-8-12-2-4-15-16(6-12)28-10-27-15/h2-7,11H,8-10H2,1H3,(H,21,23)(H,22,24). The van der Waals surface area contributed by atoms with Crippen molar-refractivity contribution in [1.29, 1.82) is 0 Å². The summed E-state index contributed by atoms with van der Waals surface area (Å²) in [5, 5.41) is 5.26. The predicted molar refractivity (Wildman–Crippen MR) is 105 cm³/mol. The van der Waals surface area contributed by atoms with Gasteiger partial charge in [-0.2, -0.15) is 0 Å². The fraction of sp³-hybridized carbons (Fsp3) is 0.250. The molecule has 0 spiro atoms. The Balaban J connectivity index is 1.29. The van der Waals surface area contributed by atoms with Crippen LogP contribution in [0.25, 0.3) is 0 Å². The molecule has 2 aromatic rings. The van der Waals surface area contributed by atoms with Crippen molar-refractivity contribution >= 4 is 35.2 Å². The van der Waals surface area contributed by atoms with Crippen LogP contribution in [0.15, 0.2) is 41.3 Å². The molecule has 0 aromatic heterocycles.